The number of cyclic esters (lactones) is 2. The summed E-state index contributed by atoms with van der Waals surface area (Å²) < 4.78 is 4.43. The van der Waals surface area contributed by atoms with Gasteiger partial charge < -0.3 is 4.74 Å². The summed E-state index contributed by atoms with van der Waals surface area (Å²) in [6.45, 7) is 6.59. The minimum absolute atomic E-state index is 0.227. The van der Waals surface area contributed by atoms with Crippen LogP contribution in [0.1, 0.15) is 20.8 Å². The smallest absolute Gasteiger partial charge is 0.327 e. The fourth-order valence-electron chi connectivity index (χ4n) is 1.29. The summed E-state index contributed by atoms with van der Waals surface area (Å²) in [6.07, 6.45) is 0. The molecule has 1 aliphatic rings. The Bertz CT molecular complexity index is 209. The van der Waals surface area contributed by atoms with E-state index in [0.717, 1.165) is 0 Å². The summed E-state index contributed by atoms with van der Waals surface area (Å²) in [6, 6.07) is 0.233. The lowest BCUT2D eigenvalue weighted by molar-refractivity contribution is -0.168. The second-order valence-corrected chi connectivity index (χ2v) is 3.74. The highest BCUT2D eigenvalue weighted by atomic mass is 16.6. The van der Waals surface area contributed by atoms with Gasteiger partial charge >= 0.3 is 11.9 Å². The van der Waals surface area contributed by atoms with Crippen molar-refractivity contribution in [3.63, 3.8) is 0 Å². The molecule has 0 aliphatic carbocycles. The molecule has 0 amide bonds. The first-order chi connectivity index (χ1) is 6.00. The molecule has 0 aromatic carbocycles. The molecule has 4 heteroatoms. The minimum atomic E-state index is -0.441. The molecule has 0 aromatic rings. The van der Waals surface area contributed by atoms with Crippen LogP contribution in [0.2, 0.25) is 0 Å². The fraction of sp³-hybridized carbons (Fsp3) is 0.778. The van der Waals surface area contributed by atoms with Gasteiger partial charge in [0.25, 0.3) is 0 Å². The number of hydrogen-bond acceptors (Lipinski definition) is 4. The third kappa shape index (κ3) is 2.52. The van der Waals surface area contributed by atoms with E-state index in [2.05, 4.69) is 18.6 Å². The van der Waals surface area contributed by atoms with E-state index in [1.807, 2.05) is 11.8 Å². The molecule has 1 aliphatic heterocycles. The molecule has 0 aromatic heterocycles. The quantitative estimate of drug-likeness (QED) is 0.462. The van der Waals surface area contributed by atoms with Gasteiger partial charge in [-0.3, -0.25) is 14.5 Å². The first-order valence-electron chi connectivity index (χ1n) is 4.48. The predicted octanol–water partition coefficient (Wildman–Crippen LogP) is 0.416. The molecule has 74 valence electrons. The van der Waals surface area contributed by atoms with Gasteiger partial charge in [0, 0.05) is 6.04 Å². The van der Waals surface area contributed by atoms with Gasteiger partial charge in [0.05, 0.1) is 13.1 Å². The Labute approximate surface area is 77.8 Å². The van der Waals surface area contributed by atoms with E-state index >= 15 is 0 Å². The zero-order valence-electron chi connectivity index (χ0n) is 8.24. The number of morpholine rings is 1. The Morgan fingerprint density at radius 1 is 1.15 bits per heavy atom. The molecule has 0 spiro atoms. The zero-order valence-corrected chi connectivity index (χ0v) is 8.24. The van der Waals surface area contributed by atoms with E-state index in [1.165, 1.54) is 0 Å². The Hall–Kier alpha value is -0.900. The number of hydrogen-bond donors (Lipinski definition) is 0. The summed E-state index contributed by atoms with van der Waals surface area (Å²) in [7, 11) is 0. The summed E-state index contributed by atoms with van der Waals surface area (Å²) in [4.78, 5) is 23.7. The maximum atomic E-state index is 10.9. The van der Waals surface area contributed by atoms with Crippen LogP contribution in [0.3, 0.4) is 0 Å². The molecule has 1 saturated heterocycles. The average molecular weight is 185 g/mol. The van der Waals surface area contributed by atoms with E-state index in [1.54, 1.807) is 0 Å². The van der Waals surface area contributed by atoms with Crippen LogP contribution < -0.4 is 0 Å². The van der Waals surface area contributed by atoms with E-state index < -0.39 is 11.9 Å². The van der Waals surface area contributed by atoms with Gasteiger partial charge in [-0.25, -0.2) is 0 Å². The van der Waals surface area contributed by atoms with Crippen LogP contribution in [0.25, 0.3) is 0 Å². The van der Waals surface area contributed by atoms with Crippen molar-refractivity contribution in [2.45, 2.75) is 26.8 Å². The van der Waals surface area contributed by atoms with Crippen molar-refractivity contribution in [1.29, 1.82) is 0 Å². The molecule has 1 unspecified atom stereocenters. The first kappa shape index (κ1) is 10.2. The third-order valence-corrected chi connectivity index (χ3v) is 2.43. The van der Waals surface area contributed by atoms with Gasteiger partial charge in [0.2, 0.25) is 0 Å². The molecule has 0 bridgehead atoms. The molecule has 0 saturated carbocycles. The summed E-state index contributed by atoms with van der Waals surface area (Å²) >= 11 is 0. The van der Waals surface area contributed by atoms with Crippen molar-refractivity contribution in [3.05, 3.63) is 0 Å². The molecule has 1 atom stereocenters. The number of carbonyl (C=O) groups is 2. The summed E-state index contributed by atoms with van der Waals surface area (Å²) in [5.41, 5.74) is 0. The lowest BCUT2D eigenvalue weighted by atomic mass is 10.0. The van der Waals surface area contributed by atoms with Crippen LogP contribution >= 0.6 is 0 Å². The van der Waals surface area contributed by atoms with Crippen LogP contribution in [-0.2, 0) is 14.3 Å². The number of carbonyl (C=O) groups excluding carboxylic acids is 2. The van der Waals surface area contributed by atoms with Crippen molar-refractivity contribution < 1.29 is 14.3 Å². The Morgan fingerprint density at radius 3 is 2.00 bits per heavy atom. The van der Waals surface area contributed by atoms with E-state index in [4.69, 9.17) is 0 Å². The molecule has 1 rings (SSSR count). The molecular formula is C9H15NO3. The van der Waals surface area contributed by atoms with Gasteiger partial charge in [0.1, 0.15) is 0 Å². The van der Waals surface area contributed by atoms with E-state index in [0.29, 0.717) is 5.92 Å². The second-order valence-electron chi connectivity index (χ2n) is 3.74. The lowest BCUT2D eigenvalue weighted by Gasteiger charge is -2.32. The van der Waals surface area contributed by atoms with Crippen LogP contribution in [0.4, 0.5) is 0 Å². The number of esters is 2. The molecule has 0 N–H and O–H groups in total. The van der Waals surface area contributed by atoms with Crippen molar-refractivity contribution in [2.75, 3.05) is 13.1 Å². The van der Waals surface area contributed by atoms with E-state index in [-0.39, 0.29) is 19.1 Å². The molecular weight excluding hydrogens is 170 g/mol. The summed E-state index contributed by atoms with van der Waals surface area (Å²) in [5.74, 6) is -0.453. The number of rotatable bonds is 2. The van der Waals surface area contributed by atoms with Crippen LogP contribution in [0, 0.1) is 5.92 Å². The number of ether oxygens (including phenoxy) is 1. The standard InChI is InChI=1S/C9H15NO3/c1-6(2)7(3)10-4-8(11)13-9(12)5-10/h6-7H,4-5H2,1-3H3. The largest absolute Gasteiger partial charge is 0.391 e. The zero-order chi connectivity index (χ0) is 10.0. The highest BCUT2D eigenvalue weighted by Crippen LogP contribution is 2.12. The Kier molecular flexibility index (Phi) is 3.03. The van der Waals surface area contributed by atoms with Crippen LogP contribution in [0.15, 0.2) is 0 Å². The highest BCUT2D eigenvalue weighted by molar-refractivity contribution is 5.90. The normalized spacial score (nSPS) is 21.8. The molecule has 1 heterocycles. The van der Waals surface area contributed by atoms with Crippen LogP contribution in [0.5, 0.6) is 0 Å². The van der Waals surface area contributed by atoms with Crippen molar-refractivity contribution >= 4 is 11.9 Å². The SMILES string of the molecule is CC(C)C(C)N1CC(=O)OC(=O)C1. The molecule has 4 nitrogen and oxygen atoms in total. The average Bonchev–Trinajstić information content (AvgIpc) is 2.01. The summed E-state index contributed by atoms with van der Waals surface area (Å²) in [5, 5.41) is 0. The van der Waals surface area contributed by atoms with Gasteiger partial charge in [0.15, 0.2) is 0 Å². The third-order valence-electron chi connectivity index (χ3n) is 2.43. The Morgan fingerprint density at radius 2 is 1.62 bits per heavy atom. The molecule has 0 radical (unpaired) electrons. The van der Waals surface area contributed by atoms with Gasteiger partial charge in [-0.1, -0.05) is 13.8 Å². The van der Waals surface area contributed by atoms with Crippen LogP contribution in [-0.4, -0.2) is 36.0 Å². The highest BCUT2D eigenvalue weighted by Gasteiger charge is 2.29. The fourth-order valence-corrected chi connectivity index (χ4v) is 1.29. The maximum Gasteiger partial charge on any atom is 0.327 e. The predicted molar refractivity (Wildman–Crippen MR) is 47.0 cm³/mol. The minimum Gasteiger partial charge on any atom is -0.391 e. The topological polar surface area (TPSA) is 46.6 Å². The first-order valence-corrected chi connectivity index (χ1v) is 4.48. The van der Waals surface area contributed by atoms with E-state index in [9.17, 15) is 9.59 Å². The maximum absolute atomic E-state index is 10.9. The monoisotopic (exact) mass is 185 g/mol. The lowest BCUT2D eigenvalue weighted by Crippen LogP contribution is -2.48. The molecule has 13 heavy (non-hydrogen) atoms. The van der Waals surface area contributed by atoms with Crippen molar-refractivity contribution in [1.82, 2.24) is 4.90 Å². The van der Waals surface area contributed by atoms with Gasteiger partial charge in [-0.2, -0.15) is 0 Å². The number of nitrogens with zero attached hydrogens (tertiary/aromatic N) is 1. The van der Waals surface area contributed by atoms with Gasteiger partial charge in [-0.05, 0) is 12.8 Å². The van der Waals surface area contributed by atoms with Gasteiger partial charge in [-0.15, -0.1) is 0 Å². The van der Waals surface area contributed by atoms with Crippen molar-refractivity contribution in [3.8, 4) is 0 Å². The second kappa shape index (κ2) is 3.87. The molecule has 1 fully saturated rings. The Balaban J connectivity index is 2.59. The van der Waals surface area contributed by atoms with Crippen molar-refractivity contribution in [2.24, 2.45) is 5.92 Å².